The van der Waals surface area contributed by atoms with Crippen LogP contribution in [0, 0.1) is 13.8 Å². The van der Waals surface area contributed by atoms with Crippen molar-refractivity contribution in [2.24, 2.45) is 0 Å². The van der Waals surface area contributed by atoms with Crippen LogP contribution in [0.5, 0.6) is 0 Å². The molecule has 13 nitrogen and oxygen atoms in total. The van der Waals surface area contributed by atoms with Gasteiger partial charge in [-0.05, 0) is 20.3 Å². The molecule has 35 heavy (non-hydrogen) atoms. The fraction of sp³-hybridized carbons (Fsp3) is 0.636. The van der Waals surface area contributed by atoms with Crippen LogP contribution in [0.3, 0.4) is 0 Å². The second-order valence-electron chi connectivity index (χ2n) is 8.86. The molecule has 0 aliphatic carbocycles. The van der Waals surface area contributed by atoms with Crippen LogP contribution >= 0.6 is 0 Å². The highest BCUT2D eigenvalue weighted by atomic mass is 16.7. The van der Waals surface area contributed by atoms with E-state index < -0.39 is 47.2 Å². The highest BCUT2D eigenvalue weighted by Gasteiger charge is 2.38. The van der Waals surface area contributed by atoms with Crippen molar-refractivity contribution in [3.05, 3.63) is 65.2 Å². The molecule has 0 unspecified atom stereocenters. The van der Waals surface area contributed by atoms with Crippen LogP contribution in [-0.4, -0.2) is 62.0 Å². The molecule has 2 saturated heterocycles. The molecule has 0 radical (unpaired) electrons. The van der Waals surface area contributed by atoms with Gasteiger partial charge in [-0.15, -0.1) is 0 Å². The second-order valence-corrected chi connectivity index (χ2v) is 8.86. The van der Waals surface area contributed by atoms with E-state index in [4.69, 9.17) is 18.9 Å². The fourth-order valence-corrected chi connectivity index (χ4v) is 4.34. The van der Waals surface area contributed by atoms with Gasteiger partial charge in [-0.3, -0.25) is 28.7 Å². The van der Waals surface area contributed by atoms with Gasteiger partial charge in [0.05, 0.1) is 24.9 Å². The van der Waals surface area contributed by atoms with E-state index in [0.29, 0.717) is 24.0 Å². The lowest BCUT2D eigenvalue weighted by Gasteiger charge is -2.19. The number of aliphatic hydroxyl groups is 1. The lowest BCUT2D eigenvalue weighted by molar-refractivity contribution is -0.138. The third-order valence-electron chi connectivity index (χ3n) is 6.35. The van der Waals surface area contributed by atoms with E-state index in [9.17, 15) is 24.3 Å². The molecule has 0 spiro atoms. The molecule has 2 aromatic heterocycles. The van der Waals surface area contributed by atoms with Gasteiger partial charge in [0.2, 0.25) is 0 Å². The molecule has 4 heterocycles. The first-order valence-electron chi connectivity index (χ1n) is 11.5. The van der Waals surface area contributed by atoms with E-state index in [2.05, 4.69) is 9.97 Å². The number of hydrogen-bond donors (Lipinski definition) is 3. The number of aliphatic hydroxyl groups excluding tert-OH is 1. The molecule has 13 heteroatoms. The smallest absolute Gasteiger partial charge is 0.330 e. The number of nitrogens with one attached hydrogen (secondary N) is 2. The third-order valence-corrected chi connectivity index (χ3v) is 6.35. The molecule has 192 valence electrons. The van der Waals surface area contributed by atoms with E-state index in [1.807, 2.05) is 6.92 Å². The van der Waals surface area contributed by atoms with Crippen molar-refractivity contribution in [1.82, 2.24) is 19.1 Å². The summed E-state index contributed by atoms with van der Waals surface area (Å²) < 4.78 is 25.8. The van der Waals surface area contributed by atoms with Crippen LogP contribution < -0.4 is 22.5 Å². The monoisotopic (exact) mass is 494 g/mol. The van der Waals surface area contributed by atoms with Gasteiger partial charge in [-0.2, -0.15) is 0 Å². The fourth-order valence-electron chi connectivity index (χ4n) is 4.34. The van der Waals surface area contributed by atoms with Gasteiger partial charge in [-0.25, -0.2) is 9.59 Å². The maximum absolute atomic E-state index is 12.2. The number of rotatable bonds is 8. The number of aromatic amines is 2. The zero-order chi connectivity index (χ0) is 25.3. The first kappa shape index (κ1) is 25.3. The van der Waals surface area contributed by atoms with Crippen LogP contribution in [-0.2, 0) is 18.9 Å². The topological polar surface area (TPSA) is 167 Å². The molecule has 6 atom stereocenters. The minimum atomic E-state index is -0.864. The first-order valence-corrected chi connectivity index (χ1v) is 11.5. The molecular weight excluding hydrogens is 464 g/mol. The number of aryl methyl sites for hydroxylation is 2. The Kier molecular flexibility index (Phi) is 7.52. The Hall–Kier alpha value is -2.84. The normalized spacial score (nSPS) is 28.6. The van der Waals surface area contributed by atoms with Crippen molar-refractivity contribution in [2.75, 3.05) is 13.4 Å². The van der Waals surface area contributed by atoms with Crippen LogP contribution in [0.1, 0.15) is 49.8 Å². The predicted octanol–water partition coefficient (Wildman–Crippen LogP) is -0.591. The Balaban J connectivity index is 1.30. The van der Waals surface area contributed by atoms with Crippen molar-refractivity contribution in [2.45, 2.75) is 76.9 Å². The zero-order valence-electron chi connectivity index (χ0n) is 19.8. The van der Waals surface area contributed by atoms with Crippen molar-refractivity contribution in [3.63, 3.8) is 0 Å². The Labute approximate surface area is 199 Å². The van der Waals surface area contributed by atoms with Gasteiger partial charge >= 0.3 is 11.4 Å². The lowest BCUT2D eigenvalue weighted by atomic mass is 10.1. The van der Waals surface area contributed by atoms with Gasteiger partial charge < -0.3 is 24.1 Å². The number of aromatic nitrogens is 4. The minimum absolute atomic E-state index is 0.0289. The summed E-state index contributed by atoms with van der Waals surface area (Å²) in [5.41, 5.74) is -1.29. The van der Waals surface area contributed by atoms with Crippen molar-refractivity contribution < 1.29 is 24.1 Å². The average molecular weight is 495 g/mol. The molecule has 3 N–H and O–H groups in total. The van der Waals surface area contributed by atoms with Gasteiger partial charge in [0, 0.05) is 36.4 Å². The number of H-pyrrole nitrogens is 2. The summed E-state index contributed by atoms with van der Waals surface area (Å²) in [6.07, 6.45) is 0.640. The van der Waals surface area contributed by atoms with Gasteiger partial charge in [0.25, 0.3) is 11.1 Å². The van der Waals surface area contributed by atoms with E-state index in [1.165, 1.54) is 21.5 Å². The number of hydrogen-bond acceptors (Lipinski definition) is 9. The summed E-state index contributed by atoms with van der Waals surface area (Å²) in [6, 6.07) is 0. The Bertz CT molecular complexity index is 1280. The molecule has 0 aromatic carbocycles. The third kappa shape index (κ3) is 5.38. The summed E-state index contributed by atoms with van der Waals surface area (Å²) in [6.45, 7) is 5.07. The Morgan fingerprint density at radius 2 is 1.49 bits per heavy atom. The largest absolute Gasteiger partial charge is 0.390 e. The van der Waals surface area contributed by atoms with Crippen molar-refractivity contribution >= 4 is 0 Å². The van der Waals surface area contributed by atoms with Crippen molar-refractivity contribution in [3.8, 4) is 0 Å². The number of nitrogens with zero attached hydrogens (tertiary/aromatic N) is 2. The van der Waals surface area contributed by atoms with E-state index >= 15 is 0 Å². The van der Waals surface area contributed by atoms with E-state index in [-0.39, 0.29) is 32.0 Å². The van der Waals surface area contributed by atoms with Crippen LogP contribution in [0.15, 0.2) is 31.6 Å². The second kappa shape index (κ2) is 10.4. The quantitative estimate of drug-likeness (QED) is 0.321. The van der Waals surface area contributed by atoms with Crippen LogP contribution in [0.25, 0.3) is 0 Å². The molecule has 0 amide bonds. The molecule has 2 aliphatic heterocycles. The van der Waals surface area contributed by atoms with Gasteiger partial charge in [0.1, 0.15) is 25.4 Å². The average Bonchev–Trinajstić information content (AvgIpc) is 3.39. The Morgan fingerprint density at radius 1 is 0.943 bits per heavy atom. The first-order chi connectivity index (χ1) is 16.7. The van der Waals surface area contributed by atoms with Crippen LogP contribution in [0.2, 0.25) is 0 Å². The van der Waals surface area contributed by atoms with Crippen molar-refractivity contribution in [1.29, 1.82) is 0 Å². The number of ether oxygens (including phenoxy) is 4. The molecule has 2 aliphatic rings. The molecule has 4 rings (SSSR count). The molecule has 2 aromatic rings. The summed E-state index contributed by atoms with van der Waals surface area (Å²) in [4.78, 5) is 52.0. The summed E-state index contributed by atoms with van der Waals surface area (Å²) >= 11 is 0. The zero-order valence-corrected chi connectivity index (χ0v) is 19.8. The predicted molar refractivity (Wildman–Crippen MR) is 121 cm³/mol. The highest BCUT2D eigenvalue weighted by Crippen LogP contribution is 2.32. The SMILES string of the molecule is CC[C@H]1O[C@@H](n2cc(C)c(=O)[nH]c2=O)C[C@@H]1OCOC[C@H]1O[C@@H](n2cc(C)c(=O)[nH]c2=O)C[C@@H]1O. The maximum Gasteiger partial charge on any atom is 0.330 e. The molecule has 0 saturated carbocycles. The van der Waals surface area contributed by atoms with Gasteiger partial charge in [-0.1, -0.05) is 6.92 Å². The minimum Gasteiger partial charge on any atom is -0.390 e. The lowest BCUT2D eigenvalue weighted by Crippen LogP contribution is -2.33. The summed E-state index contributed by atoms with van der Waals surface area (Å²) in [5, 5.41) is 10.3. The van der Waals surface area contributed by atoms with E-state index in [1.54, 1.807) is 13.8 Å². The Morgan fingerprint density at radius 3 is 2.06 bits per heavy atom. The summed E-state index contributed by atoms with van der Waals surface area (Å²) in [5.74, 6) is 0. The van der Waals surface area contributed by atoms with Gasteiger partial charge in [0.15, 0.2) is 0 Å². The standard InChI is InChI=1S/C22H30N4O9/c1-4-14-15(6-18(34-14)26-8-12(3)20(29)24-22(26)31)33-10-32-9-16-13(27)5-17(35-16)25-7-11(2)19(28)23-21(25)30/h7-8,13-18,27H,4-6,9-10H2,1-3H3,(H,23,28,30)(H,24,29,31)/t13-,14+,15-,16+,17+,18+/m0/s1. The van der Waals surface area contributed by atoms with Crippen LogP contribution in [0.4, 0.5) is 0 Å². The highest BCUT2D eigenvalue weighted by molar-refractivity contribution is 5.03. The maximum atomic E-state index is 12.2. The summed E-state index contributed by atoms with van der Waals surface area (Å²) in [7, 11) is 0. The molecular formula is C22H30N4O9. The van der Waals surface area contributed by atoms with E-state index in [0.717, 1.165) is 0 Å². The molecule has 2 fully saturated rings. The molecule has 0 bridgehead atoms.